The summed E-state index contributed by atoms with van der Waals surface area (Å²) >= 11 is 0. The van der Waals surface area contributed by atoms with Gasteiger partial charge in [0.15, 0.2) is 0 Å². The van der Waals surface area contributed by atoms with Crippen LogP contribution in [0.5, 0.6) is 0 Å². The Bertz CT molecular complexity index is 710. The summed E-state index contributed by atoms with van der Waals surface area (Å²) in [6.45, 7) is 16.3. The largest absolute Gasteiger partial charge is 0.393 e. The van der Waals surface area contributed by atoms with Gasteiger partial charge in [-0.1, -0.05) is 51.5 Å². The average Bonchev–Trinajstić information content (AvgIpc) is 3.06. The van der Waals surface area contributed by atoms with Crippen LogP contribution < -0.4 is 0 Å². The zero-order valence-corrected chi connectivity index (χ0v) is 20.9. The van der Waals surface area contributed by atoms with Crippen LogP contribution in [0.1, 0.15) is 98.8 Å². The fourth-order valence-corrected chi connectivity index (χ4v) is 9.07. The van der Waals surface area contributed by atoms with Gasteiger partial charge in [0.05, 0.1) is 12.2 Å². The van der Waals surface area contributed by atoms with Crippen LogP contribution in [0.25, 0.3) is 0 Å². The van der Waals surface area contributed by atoms with Crippen LogP contribution in [0.15, 0.2) is 23.8 Å². The van der Waals surface area contributed by atoms with Crippen molar-refractivity contribution in [1.82, 2.24) is 0 Å². The first-order valence-electron chi connectivity index (χ1n) is 13.3. The summed E-state index contributed by atoms with van der Waals surface area (Å²) in [7, 11) is 0. The van der Waals surface area contributed by atoms with Crippen molar-refractivity contribution in [3.05, 3.63) is 23.8 Å². The van der Waals surface area contributed by atoms with Crippen molar-refractivity contribution >= 4 is 0 Å². The van der Waals surface area contributed by atoms with E-state index in [-0.39, 0.29) is 17.6 Å². The van der Waals surface area contributed by atoms with Gasteiger partial charge in [0.25, 0.3) is 0 Å². The molecule has 0 aromatic heterocycles. The van der Waals surface area contributed by atoms with Crippen LogP contribution in [0, 0.1) is 46.3 Å². The SMILES string of the molecule is C=C(C)[C@@H](CC)CC[C@@H](C)[C@H]1CCC2C3C(CC[C@@]21C)[C@@]1(C)CC[C@H](O)CC1=C[C@H]3O. The topological polar surface area (TPSA) is 40.5 Å². The molecule has 2 N–H and O–H groups in total. The third-order valence-corrected chi connectivity index (χ3v) is 11.0. The lowest BCUT2D eigenvalue weighted by atomic mass is 9.46. The van der Waals surface area contributed by atoms with Crippen LogP contribution in [0.2, 0.25) is 0 Å². The van der Waals surface area contributed by atoms with Gasteiger partial charge in [0, 0.05) is 0 Å². The lowest BCUT2D eigenvalue weighted by Gasteiger charge is -2.59. The first-order chi connectivity index (χ1) is 14.6. The van der Waals surface area contributed by atoms with E-state index in [1.807, 2.05) is 0 Å². The van der Waals surface area contributed by atoms with Crippen LogP contribution >= 0.6 is 0 Å². The molecule has 2 heteroatoms. The molecule has 10 atom stereocenters. The van der Waals surface area contributed by atoms with Gasteiger partial charge in [-0.2, -0.15) is 0 Å². The third kappa shape index (κ3) is 3.88. The van der Waals surface area contributed by atoms with E-state index in [1.54, 1.807) is 0 Å². The van der Waals surface area contributed by atoms with Gasteiger partial charge in [0.2, 0.25) is 0 Å². The quantitative estimate of drug-likeness (QED) is 0.451. The van der Waals surface area contributed by atoms with Crippen molar-refractivity contribution in [2.75, 3.05) is 0 Å². The minimum Gasteiger partial charge on any atom is -0.393 e. The summed E-state index contributed by atoms with van der Waals surface area (Å²) in [5, 5.41) is 21.6. The lowest BCUT2D eigenvalue weighted by molar-refractivity contribution is -0.0971. The molecule has 3 unspecified atom stereocenters. The molecule has 3 saturated carbocycles. The molecular weight excluding hydrogens is 380 g/mol. The van der Waals surface area contributed by atoms with Gasteiger partial charge in [-0.25, -0.2) is 0 Å². The van der Waals surface area contributed by atoms with E-state index in [4.69, 9.17) is 0 Å². The molecule has 0 heterocycles. The van der Waals surface area contributed by atoms with Crippen LogP contribution in [-0.4, -0.2) is 22.4 Å². The molecule has 0 saturated heterocycles. The Labute approximate surface area is 191 Å². The Morgan fingerprint density at radius 3 is 2.52 bits per heavy atom. The number of rotatable bonds is 6. The Morgan fingerprint density at radius 2 is 1.84 bits per heavy atom. The maximum absolute atomic E-state index is 11.3. The van der Waals surface area contributed by atoms with Crippen LogP contribution in [-0.2, 0) is 0 Å². The summed E-state index contributed by atoms with van der Waals surface area (Å²) in [4.78, 5) is 0. The maximum atomic E-state index is 11.3. The monoisotopic (exact) mass is 428 g/mol. The highest BCUT2D eigenvalue weighted by Gasteiger charge is 2.61. The Morgan fingerprint density at radius 1 is 1.10 bits per heavy atom. The molecule has 31 heavy (non-hydrogen) atoms. The molecule has 0 aliphatic heterocycles. The van der Waals surface area contributed by atoms with E-state index < -0.39 is 0 Å². The molecule has 4 aliphatic carbocycles. The fourth-order valence-electron chi connectivity index (χ4n) is 9.07. The number of hydrogen-bond donors (Lipinski definition) is 2. The Balaban J connectivity index is 1.52. The summed E-state index contributed by atoms with van der Waals surface area (Å²) in [6.07, 6.45) is 13.5. The molecule has 0 amide bonds. The van der Waals surface area contributed by atoms with Gasteiger partial charge >= 0.3 is 0 Å². The maximum Gasteiger partial charge on any atom is 0.0757 e. The molecule has 2 nitrogen and oxygen atoms in total. The van der Waals surface area contributed by atoms with E-state index in [9.17, 15) is 10.2 Å². The number of hydrogen-bond acceptors (Lipinski definition) is 2. The third-order valence-electron chi connectivity index (χ3n) is 11.0. The second-order valence-corrected chi connectivity index (χ2v) is 12.5. The van der Waals surface area contributed by atoms with Crippen molar-refractivity contribution in [2.45, 2.75) is 111 Å². The normalized spacial score (nSPS) is 46.4. The highest BCUT2D eigenvalue weighted by atomic mass is 16.3. The molecule has 4 aliphatic rings. The predicted octanol–water partition coefficient (Wildman–Crippen LogP) is 6.92. The molecule has 0 spiro atoms. The van der Waals surface area contributed by atoms with Gasteiger partial charge in [-0.05, 0) is 117 Å². The molecule has 3 fully saturated rings. The second kappa shape index (κ2) is 8.64. The highest BCUT2D eigenvalue weighted by molar-refractivity contribution is 5.27. The molecule has 0 bridgehead atoms. The number of allylic oxidation sites excluding steroid dienone is 1. The van der Waals surface area contributed by atoms with Gasteiger partial charge in [0.1, 0.15) is 0 Å². The lowest BCUT2D eigenvalue weighted by Crippen LogP contribution is -2.54. The zero-order valence-electron chi connectivity index (χ0n) is 20.9. The molecule has 0 aromatic rings. The van der Waals surface area contributed by atoms with E-state index in [2.05, 4.69) is 47.3 Å². The van der Waals surface area contributed by atoms with Crippen molar-refractivity contribution in [3.8, 4) is 0 Å². The Hall–Kier alpha value is -0.600. The van der Waals surface area contributed by atoms with Crippen molar-refractivity contribution < 1.29 is 10.2 Å². The number of fused-ring (bicyclic) bond motifs is 5. The van der Waals surface area contributed by atoms with Crippen LogP contribution in [0.4, 0.5) is 0 Å². The van der Waals surface area contributed by atoms with Crippen LogP contribution in [0.3, 0.4) is 0 Å². The second-order valence-electron chi connectivity index (χ2n) is 12.5. The van der Waals surface area contributed by atoms with Crippen molar-refractivity contribution in [1.29, 1.82) is 0 Å². The van der Waals surface area contributed by atoms with Crippen molar-refractivity contribution in [3.63, 3.8) is 0 Å². The smallest absolute Gasteiger partial charge is 0.0757 e. The molecule has 0 radical (unpaired) electrons. The van der Waals surface area contributed by atoms with E-state index in [1.165, 1.54) is 56.1 Å². The first kappa shape index (κ1) is 23.6. The van der Waals surface area contributed by atoms with E-state index in [0.717, 1.165) is 31.1 Å². The van der Waals surface area contributed by atoms with Gasteiger partial charge in [-0.15, -0.1) is 0 Å². The zero-order chi connectivity index (χ0) is 22.6. The minimum atomic E-state index is -0.315. The average molecular weight is 429 g/mol. The minimum absolute atomic E-state index is 0.198. The highest BCUT2D eigenvalue weighted by Crippen LogP contribution is 2.67. The summed E-state index contributed by atoms with van der Waals surface area (Å²) < 4.78 is 0. The van der Waals surface area contributed by atoms with Gasteiger partial charge in [-0.3, -0.25) is 0 Å². The molecule has 176 valence electrons. The molecule has 0 aromatic carbocycles. The Kier molecular flexibility index (Phi) is 6.56. The predicted molar refractivity (Wildman–Crippen MR) is 130 cm³/mol. The summed E-state index contributed by atoms with van der Waals surface area (Å²) in [5.74, 6) is 3.88. The number of aliphatic hydroxyl groups is 2. The summed E-state index contributed by atoms with van der Waals surface area (Å²) in [5.41, 5.74) is 3.29. The summed E-state index contributed by atoms with van der Waals surface area (Å²) in [6, 6.07) is 0. The fraction of sp³-hybridized carbons (Fsp3) is 0.862. The molecular formula is C29H48O2. The standard InChI is InChI=1S/C29H48O2/c1-7-20(18(2)3)9-8-19(4)23-10-11-24-27-25(13-15-29(23,24)6)28(5)14-12-22(30)16-21(28)17-26(27)31/h17,19-20,22-27,30-31H,2,7-16H2,1,3-6H3/t19-,20+,22+,23-,24?,25?,26-,27?,28+,29-/m1/s1. The molecule has 4 rings (SSSR count). The van der Waals surface area contributed by atoms with E-state index >= 15 is 0 Å². The first-order valence-corrected chi connectivity index (χ1v) is 13.3. The van der Waals surface area contributed by atoms with Crippen molar-refractivity contribution in [2.24, 2.45) is 46.3 Å². The van der Waals surface area contributed by atoms with E-state index in [0.29, 0.717) is 29.1 Å². The number of aliphatic hydroxyl groups excluding tert-OH is 2. The van der Waals surface area contributed by atoms with Gasteiger partial charge < -0.3 is 10.2 Å².